The van der Waals surface area contributed by atoms with E-state index in [1.165, 1.54) is 5.56 Å². The molecule has 94 valence electrons. The second-order valence-corrected chi connectivity index (χ2v) is 4.53. The maximum atomic E-state index is 5.73. The van der Waals surface area contributed by atoms with Crippen LogP contribution in [0.5, 0.6) is 0 Å². The molecule has 2 aromatic rings. The van der Waals surface area contributed by atoms with Crippen molar-refractivity contribution in [1.29, 1.82) is 0 Å². The average Bonchev–Trinajstić information content (AvgIpc) is 2.27. The Morgan fingerprint density at radius 2 is 1.78 bits per heavy atom. The van der Waals surface area contributed by atoms with Gasteiger partial charge in [0.25, 0.3) is 0 Å². The van der Waals surface area contributed by atoms with Crippen molar-refractivity contribution in [2.75, 3.05) is 24.7 Å². The van der Waals surface area contributed by atoms with Crippen molar-refractivity contribution in [2.24, 2.45) is 0 Å². The zero-order valence-corrected chi connectivity index (χ0v) is 11.1. The molecule has 1 aromatic heterocycles. The van der Waals surface area contributed by atoms with E-state index < -0.39 is 0 Å². The number of nitrogen functional groups attached to an aromatic ring is 1. The quantitative estimate of drug-likeness (QED) is 0.871. The zero-order valence-electron chi connectivity index (χ0n) is 11.1. The summed E-state index contributed by atoms with van der Waals surface area (Å²) in [6, 6.07) is 6.15. The van der Waals surface area contributed by atoms with E-state index >= 15 is 0 Å². The Morgan fingerprint density at radius 1 is 1.06 bits per heavy atom. The molecule has 5 heteroatoms. The second-order valence-electron chi connectivity index (χ2n) is 4.53. The molecule has 0 fully saturated rings. The van der Waals surface area contributed by atoms with E-state index in [1.807, 2.05) is 38.1 Å². The van der Waals surface area contributed by atoms with Gasteiger partial charge in [-0.15, -0.1) is 0 Å². The number of aryl methyl sites for hydroxylation is 2. The van der Waals surface area contributed by atoms with Crippen LogP contribution in [-0.2, 0) is 0 Å². The normalized spacial score (nSPS) is 10.4. The number of benzene rings is 1. The predicted molar refractivity (Wildman–Crippen MR) is 73.5 cm³/mol. The molecule has 0 bridgehead atoms. The fraction of sp³-hybridized carbons (Fsp3) is 0.308. The molecule has 0 saturated carbocycles. The topological polar surface area (TPSA) is 67.9 Å². The van der Waals surface area contributed by atoms with Gasteiger partial charge in [0.1, 0.15) is 0 Å². The fourth-order valence-corrected chi connectivity index (χ4v) is 1.77. The molecule has 0 amide bonds. The van der Waals surface area contributed by atoms with Crippen LogP contribution in [0.25, 0.3) is 11.4 Å². The maximum Gasteiger partial charge on any atom is 0.230 e. The summed E-state index contributed by atoms with van der Waals surface area (Å²) >= 11 is 0. The number of rotatable bonds is 2. The van der Waals surface area contributed by atoms with Crippen LogP contribution in [0.15, 0.2) is 18.2 Å². The fourth-order valence-electron chi connectivity index (χ4n) is 1.77. The van der Waals surface area contributed by atoms with Gasteiger partial charge >= 0.3 is 0 Å². The predicted octanol–water partition coefficient (Wildman–Crippen LogP) is 1.80. The average molecular weight is 243 g/mol. The van der Waals surface area contributed by atoms with Crippen molar-refractivity contribution in [3.05, 3.63) is 29.3 Å². The lowest BCUT2D eigenvalue weighted by atomic mass is 10.1. The van der Waals surface area contributed by atoms with Crippen LogP contribution in [0, 0.1) is 13.8 Å². The molecule has 0 aliphatic carbocycles. The Morgan fingerprint density at radius 3 is 2.39 bits per heavy atom. The van der Waals surface area contributed by atoms with E-state index in [-0.39, 0.29) is 5.95 Å². The molecular weight excluding hydrogens is 226 g/mol. The van der Waals surface area contributed by atoms with Gasteiger partial charge in [0.2, 0.25) is 11.9 Å². The van der Waals surface area contributed by atoms with E-state index in [1.54, 1.807) is 0 Å². The smallest absolute Gasteiger partial charge is 0.230 e. The van der Waals surface area contributed by atoms with Gasteiger partial charge in [0.05, 0.1) is 0 Å². The minimum absolute atomic E-state index is 0.240. The molecule has 2 rings (SSSR count). The lowest BCUT2D eigenvalue weighted by Crippen LogP contribution is -2.15. The van der Waals surface area contributed by atoms with Gasteiger partial charge in [-0.2, -0.15) is 15.0 Å². The molecule has 0 radical (unpaired) electrons. The van der Waals surface area contributed by atoms with Crippen molar-refractivity contribution in [1.82, 2.24) is 15.0 Å². The summed E-state index contributed by atoms with van der Waals surface area (Å²) in [4.78, 5) is 14.5. The van der Waals surface area contributed by atoms with Gasteiger partial charge in [-0.1, -0.05) is 23.8 Å². The van der Waals surface area contributed by atoms with Gasteiger partial charge in [-0.05, 0) is 19.4 Å². The van der Waals surface area contributed by atoms with Crippen molar-refractivity contribution >= 4 is 11.9 Å². The standard InChI is InChI=1S/C13H17N5/c1-8-5-6-10(9(2)7-8)11-15-12(14)17-13(16-11)18(3)4/h5-7H,1-4H3,(H2,14,15,16,17). The highest BCUT2D eigenvalue weighted by molar-refractivity contribution is 5.62. The minimum atomic E-state index is 0.240. The number of nitrogens with zero attached hydrogens (tertiary/aromatic N) is 4. The highest BCUT2D eigenvalue weighted by Crippen LogP contribution is 2.22. The molecule has 0 unspecified atom stereocenters. The lowest BCUT2D eigenvalue weighted by Gasteiger charge is -2.12. The number of aromatic nitrogens is 3. The van der Waals surface area contributed by atoms with Crippen LogP contribution in [-0.4, -0.2) is 29.0 Å². The van der Waals surface area contributed by atoms with Crippen LogP contribution in [0.4, 0.5) is 11.9 Å². The highest BCUT2D eigenvalue weighted by atomic mass is 15.3. The van der Waals surface area contributed by atoms with Crippen molar-refractivity contribution in [2.45, 2.75) is 13.8 Å². The molecule has 18 heavy (non-hydrogen) atoms. The van der Waals surface area contributed by atoms with Crippen LogP contribution in [0.3, 0.4) is 0 Å². The Balaban J connectivity index is 2.56. The SMILES string of the molecule is Cc1ccc(-c2nc(N)nc(N(C)C)n2)c(C)c1. The monoisotopic (exact) mass is 243 g/mol. The molecule has 0 saturated heterocycles. The Bertz CT molecular complexity index is 578. The minimum Gasteiger partial charge on any atom is -0.368 e. The molecule has 0 aliphatic rings. The molecule has 0 atom stereocenters. The van der Waals surface area contributed by atoms with E-state index in [2.05, 4.69) is 27.9 Å². The summed E-state index contributed by atoms with van der Waals surface area (Å²) in [5, 5.41) is 0. The van der Waals surface area contributed by atoms with E-state index in [9.17, 15) is 0 Å². The molecule has 5 nitrogen and oxygen atoms in total. The van der Waals surface area contributed by atoms with E-state index in [4.69, 9.17) is 5.73 Å². The van der Waals surface area contributed by atoms with Gasteiger partial charge in [-0.25, -0.2) is 0 Å². The second kappa shape index (κ2) is 4.60. The third-order valence-corrected chi connectivity index (χ3v) is 2.66. The Kier molecular flexibility index (Phi) is 3.14. The first-order chi connectivity index (χ1) is 8.47. The molecule has 2 N–H and O–H groups in total. The summed E-state index contributed by atoms with van der Waals surface area (Å²) in [5.41, 5.74) is 9.05. The van der Waals surface area contributed by atoms with Crippen molar-refractivity contribution in [3.63, 3.8) is 0 Å². The summed E-state index contributed by atoms with van der Waals surface area (Å²) in [6.45, 7) is 4.10. The third kappa shape index (κ3) is 2.40. The number of nitrogens with two attached hydrogens (primary N) is 1. The molecule has 1 aromatic carbocycles. The van der Waals surface area contributed by atoms with E-state index in [0.717, 1.165) is 11.1 Å². The van der Waals surface area contributed by atoms with Crippen LogP contribution in [0.2, 0.25) is 0 Å². The third-order valence-electron chi connectivity index (χ3n) is 2.66. The van der Waals surface area contributed by atoms with Crippen molar-refractivity contribution in [3.8, 4) is 11.4 Å². The zero-order chi connectivity index (χ0) is 13.3. The van der Waals surface area contributed by atoms with Gasteiger partial charge in [0.15, 0.2) is 5.82 Å². The highest BCUT2D eigenvalue weighted by Gasteiger charge is 2.10. The summed E-state index contributed by atoms with van der Waals surface area (Å²) in [7, 11) is 3.75. The number of anilines is 2. The number of hydrogen-bond donors (Lipinski definition) is 1. The van der Waals surface area contributed by atoms with E-state index in [0.29, 0.717) is 11.8 Å². The first-order valence-electron chi connectivity index (χ1n) is 5.74. The van der Waals surface area contributed by atoms with Crippen LogP contribution in [0.1, 0.15) is 11.1 Å². The van der Waals surface area contributed by atoms with Crippen LogP contribution < -0.4 is 10.6 Å². The van der Waals surface area contributed by atoms with Crippen LogP contribution >= 0.6 is 0 Å². The molecule has 1 heterocycles. The molecular formula is C13H17N5. The van der Waals surface area contributed by atoms with Gasteiger partial charge < -0.3 is 10.6 Å². The summed E-state index contributed by atoms with van der Waals surface area (Å²) < 4.78 is 0. The maximum absolute atomic E-state index is 5.73. The summed E-state index contributed by atoms with van der Waals surface area (Å²) in [5.74, 6) is 1.42. The molecule has 0 spiro atoms. The summed E-state index contributed by atoms with van der Waals surface area (Å²) in [6.07, 6.45) is 0. The lowest BCUT2D eigenvalue weighted by molar-refractivity contribution is 0.969. The Labute approximate surface area is 107 Å². The largest absolute Gasteiger partial charge is 0.368 e. The molecule has 0 aliphatic heterocycles. The number of hydrogen-bond acceptors (Lipinski definition) is 5. The first kappa shape index (κ1) is 12.3. The first-order valence-corrected chi connectivity index (χ1v) is 5.74. The van der Waals surface area contributed by atoms with Gasteiger partial charge in [0, 0.05) is 19.7 Å². The van der Waals surface area contributed by atoms with Crippen molar-refractivity contribution < 1.29 is 0 Å². The Hall–Kier alpha value is -2.17. The van der Waals surface area contributed by atoms with Gasteiger partial charge in [-0.3, -0.25) is 0 Å².